The molecule has 0 saturated carbocycles. The highest BCUT2D eigenvalue weighted by atomic mass is 15.2. The minimum Gasteiger partial charge on any atom is -0.357 e. The van der Waals surface area contributed by atoms with Crippen LogP contribution in [0, 0.1) is 11.8 Å². The first kappa shape index (κ1) is 19.3. The molecule has 0 aromatic carbocycles. The fraction of sp³-hybridized carbons (Fsp3) is 0.944. The minimum atomic E-state index is 0.727. The molecule has 4 heteroatoms. The van der Waals surface area contributed by atoms with Crippen LogP contribution in [0.15, 0.2) is 4.99 Å². The molecule has 0 spiro atoms. The van der Waals surface area contributed by atoms with E-state index < -0.39 is 0 Å². The zero-order chi connectivity index (χ0) is 16.2. The van der Waals surface area contributed by atoms with Crippen LogP contribution >= 0.6 is 0 Å². The smallest absolute Gasteiger partial charge is 0.191 e. The Morgan fingerprint density at radius 2 is 2.05 bits per heavy atom. The van der Waals surface area contributed by atoms with Crippen molar-refractivity contribution in [3.63, 3.8) is 0 Å². The summed E-state index contributed by atoms with van der Waals surface area (Å²) >= 11 is 0. The number of nitrogens with zero attached hydrogens (tertiary/aromatic N) is 2. The SMILES string of the molecule is CCNC(=NCC1CCCN(CC)C1)NCCCCC(C)C. The highest BCUT2D eigenvalue weighted by Crippen LogP contribution is 2.16. The van der Waals surface area contributed by atoms with Gasteiger partial charge in [0.2, 0.25) is 0 Å². The van der Waals surface area contributed by atoms with Crippen molar-refractivity contribution in [2.24, 2.45) is 16.8 Å². The molecule has 1 heterocycles. The van der Waals surface area contributed by atoms with Gasteiger partial charge in [0.1, 0.15) is 0 Å². The molecule has 0 aromatic heterocycles. The second-order valence-corrected chi connectivity index (χ2v) is 6.94. The van der Waals surface area contributed by atoms with Crippen molar-refractivity contribution in [2.75, 3.05) is 39.3 Å². The Morgan fingerprint density at radius 3 is 2.73 bits per heavy atom. The molecule has 1 aliphatic heterocycles. The van der Waals surface area contributed by atoms with Crippen LogP contribution in [0.25, 0.3) is 0 Å². The quantitative estimate of drug-likeness (QED) is 0.390. The number of aliphatic imine (C=N–C) groups is 1. The Kier molecular flexibility index (Phi) is 10.3. The second-order valence-electron chi connectivity index (χ2n) is 6.94. The summed E-state index contributed by atoms with van der Waals surface area (Å²) in [7, 11) is 0. The molecule has 0 aromatic rings. The van der Waals surface area contributed by atoms with Crippen molar-refractivity contribution in [1.29, 1.82) is 0 Å². The normalized spacial score (nSPS) is 20.4. The average Bonchev–Trinajstić information content (AvgIpc) is 2.52. The van der Waals surface area contributed by atoms with Crippen LogP contribution in [0.2, 0.25) is 0 Å². The topological polar surface area (TPSA) is 39.7 Å². The van der Waals surface area contributed by atoms with Crippen LogP contribution in [0.5, 0.6) is 0 Å². The Morgan fingerprint density at radius 1 is 1.23 bits per heavy atom. The first-order valence-electron chi connectivity index (χ1n) is 9.40. The van der Waals surface area contributed by atoms with Crippen LogP contribution in [0.4, 0.5) is 0 Å². The van der Waals surface area contributed by atoms with E-state index in [9.17, 15) is 0 Å². The van der Waals surface area contributed by atoms with Gasteiger partial charge in [-0.15, -0.1) is 0 Å². The van der Waals surface area contributed by atoms with E-state index in [0.717, 1.165) is 37.4 Å². The molecule has 1 saturated heterocycles. The van der Waals surface area contributed by atoms with Gasteiger partial charge < -0.3 is 15.5 Å². The third-order valence-corrected chi connectivity index (χ3v) is 4.40. The summed E-state index contributed by atoms with van der Waals surface area (Å²) < 4.78 is 0. The lowest BCUT2D eigenvalue weighted by Gasteiger charge is -2.31. The molecule has 0 bridgehead atoms. The van der Waals surface area contributed by atoms with Crippen molar-refractivity contribution < 1.29 is 0 Å². The average molecular weight is 311 g/mol. The lowest BCUT2D eigenvalue weighted by Crippen LogP contribution is -2.40. The lowest BCUT2D eigenvalue weighted by atomic mass is 9.98. The predicted molar refractivity (Wildman–Crippen MR) is 97.5 cm³/mol. The van der Waals surface area contributed by atoms with Crippen LogP contribution in [-0.4, -0.2) is 50.1 Å². The van der Waals surface area contributed by atoms with E-state index in [4.69, 9.17) is 4.99 Å². The summed E-state index contributed by atoms with van der Waals surface area (Å²) in [5.74, 6) is 2.54. The van der Waals surface area contributed by atoms with E-state index in [1.54, 1.807) is 0 Å². The summed E-state index contributed by atoms with van der Waals surface area (Å²) in [4.78, 5) is 7.36. The van der Waals surface area contributed by atoms with E-state index in [1.165, 1.54) is 51.7 Å². The number of unbranched alkanes of at least 4 members (excludes halogenated alkanes) is 1. The largest absolute Gasteiger partial charge is 0.357 e. The maximum absolute atomic E-state index is 4.81. The molecule has 130 valence electrons. The first-order valence-corrected chi connectivity index (χ1v) is 9.40. The van der Waals surface area contributed by atoms with Crippen molar-refractivity contribution in [2.45, 2.75) is 59.8 Å². The van der Waals surface area contributed by atoms with Gasteiger partial charge in [-0.2, -0.15) is 0 Å². The van der Waals surface area contributed by atoms with Gasteiger partial charge >= 0.3 is 0 Å². The maximum Gasteiger partial charge on any atom is 0.191 e. The van der Waals surface area contributed by atoms with E-state index in [1.807, 2.05) is 0 Å². The van der Waals surface area contributed by atoms with Crippen molar-refractivity contribution in [3.05, 3.63) is 0 Å². The first-order chi connectivity index (χ1) is 10.7. The molecule has 0 amide bonds. The fourth-order valence-electron chi connectivity index (χ4n) is 3.03. The minimum absolute atomic E-state index is 0.727. The zero-order valence-corrected chi connectivity index (χ0v) is 15.3. The van der Waals surface area contributed by atoms with Crippen molar-refractivity contribution in [3.8, 4) is 0 Å². The number of hydrogen-bond acceptors (Lipinski definition) is 2. The molecule has 1 unspecified atom stereocenters. The molecule has 1 atom stereocenters. The summed E-state index contributed by atoms with van der Waals surface area (Å²) in [5, 5.41) is 6.86. The molecule has 0 aliphatic carbocycles. The zero-order valence-electron chi connectivity index (χ0n) is 15.3. The van der Waals surface area contributed by atoms with Gasteiger partial charge in [0.15, 0.2) is 5.96 Å². The van der Waals surface area contributed by atoms with Gasteiger partial charge in [0.25, 0.3) is 0 Å². The van der Waals surface area contributed by atoms with Crippen LogP contribution in [0.3, 0.4) is 0 Å². The number of hydrogen-bond donors (Lipinski definition) is 2. The summed E-state index contributed by atoms with van der Waals surface area (Å²) in [5.41, 5.74) is 0. The molecule has 2 N–H and O–H groups in total. The molecular weight excluding hydrogens is 272 g/mol. The van der Waals surface area contributed by atoms with Gasteiger partial charge in [-0.1, -0.05) is 33.6 Å². The standard InChI is InChI=1S/C18H38N4/c1-5-19-18(20-12-8-7-10-16(3)4)21-14-17-11-9-13-22(6-2)15-17/h16-17H,5-15H2,1-4H3,(H2,19,20,21). The molecule has 1 aliphatic rings. The Bertz CT molecular complexity index is 301. The Hall–Kier alpha value is -0.770. The van der Waals surface area contributed by atoms with Crippen molar-refractivity contribution >= 4 is 5.96 Å². The molecular formula is C18H38N4. The number of rotatable bonds is 9. The molecule has 22 heavy (non-hydrogen) atoms. The number of guanidine groups is 1. The molecule has 1 rings (SSSR count). The third-order valence-electron chi connectivity index (χ3n) is 4.40. The third kappa shape index (κ3) is 8.62. The highest BCUT2D eigenvalue weighted by molar-refractivity contribution is 5.79. The summed E-state index contributed by atoms with van der Waals surface area (Å²) in [6.07, 6.45) is 6.51. The molecule has 4 nitrogen and oxygen atoms in total. The summed E-state index contributed by atoms with van der Waals surface area (Å²) in [6.45, 7) is 15.6. The van der Waals surface area contributed by atoms with Gasteiger partial charge in [-0.25, -0.2) is 0 Å². The van der Waals surface area contributed by atoms with Gasteiger partial charge in [0.05, 0.1) is 0 Å². The van der Waals surface area contributed by atoms with Crippen LogP contribution in [-0.2, 0) is 0 Å². The van der Waals surface area contributed by atoms with Gasteiger partial charge in [-0.05, 0) is 51.1 Å². The Labute approximate surface area is 138 Å². The fourth-order valence-corrected chi connectivity index (χ4v) is 3.03. The summed E-state index contributed by atoms with van der Waals surface area (Å²) in [6, 6.07) is 0. The predicted octanol–water partition coefficient (Wildman–Crippen LogP) is 3.10. The highest BCUT2D eigenvalue weighted by Gasteiger charge is 2.18. The monoisotopic (exact) mass is 310 g/mol. The van der Waals surface area contributed by atoms with E-state index in [0.29, 0.717) is 0 Å². The second kappa shape index (κ2) is 11.8. The number of piperidine rings is 1. The molecule has 1 fully saturated rings. The lowest BCUT2D eigenvalue weighted by molar-refractivity contribution is 0.186. The molecule has 0 radical (unpaired) electrons. The van der Waals surface area contributed by atoms with Gasteiger partial charge in [-0.3, -0.25) is 4.99 Å². The maximum atomic E-state index is 4.81. The van der Waals surface area contributed by atoms with Crippen LogP contribution < -0.4 is 10.6 Å². The van der Waals surface area contributed by atoms with E-state index >= 15 is 0 Å². The number of likely N-dealkylation sites (tertiary alicyclic amines) is 1. The van der Waals surface area contributed by atoms with Crippen molar-refractivity contribution in [1.82, 2.24) is 15.5 Å². The van der Waals surface area contributed by atoms with Gasteiger partial charge in [0, 0.05) is 26.2 Å². The van der Waals surface area contributed by atoms with E-state index in [-0.39, 0.29) is 0 Å². The Balaban J connectivity index is 2.28. The number of nitrogens with one attached hydrogen (secondary N) is 2. The van der Waals surface area contributed by atoms with Crippen LogP contribution in [0.1, 0.15) is 59.8 Å². The van der Waals surface area contributed by atoms with E-state index in [2.05, 4.69) is 43.2 Å².